The van der Waals surface area contributed by atoms with Crippen LogP contribution in [0, 0.1) is 0 Å². The fraction of sp³-hybridized carbons (Fsp3) is 0.375. The van der Waals surface area contributed by atoms with Gasteiger partial charge in [0.05, 0.1) is 37.6 Å². The molecule has 0 aliphatic carbocycles. The molecule has 0 radical (unpaired) electrons. The van der Waals surface area contributed by atoms with E-state index >= 15 is 0 Å². The summed E-state index contributed by atoms with van der Waals surface area (Å²) in [4.78, 5) is 42.4. The minimum absolute atomic E-state index is 0.108. The third-order valence-electron chi connectivity index (χ3n) is 5.91. The molecule has 2 aromatic rings. The van der Waals surface area contributed by atoms with E-state index in [4.69, 9.17) is 14.2 Å². The van der Waals surface area contributed by atoms with Gasteiger partial charge in [0.2, 0.25) is 5.91 Å². The van der Waals surface area contributed by atoms with Crippen LogP contribution in [0.25, 0.3) is 0 Å². The highest BCUT2D eigenvalue weighted by atomic mass is 16.5. The summed E-state index contributed by atoms with van der Waals surface area (Å²) in [5, 5.41) is 2.78. The first-order chi connectivity index (χ1) is 16.0. The standard InChI is InChI=1S/C24H27N3O6/c1-31-14-12-25-19(28)9-6-13-26-22-16-10-11-18(32-2)21(33-3)20(16)24(30)27(22)17-8-5-4-7-15(17)23(26)29/h4-5,7-8,10-11,22H,6,9,12-14H2,1-3H3,(H,25,28)/t22-/m1/s1. The molecule has 9 nitrogen and oxygen atoms in total. The summed E-state index contributed by atoms with van der Waals surface area (Å²) in [7, 11) is 4.57. The number of fused-ring (bicyclic) bond motifs is 5. The predicted octanol–water partition coefficient (Wildman–Crippen LogP) is 2.36. The van der Waals surface area contributed by atoms with E-state index in [1.165, 1.54) is 14.2 Å². The van der Waals surface area contributed by atoms with Crippen molar-refractivity contribution in [3.05, 3.63) is 53.1 Å². The number of rotatable bonds is 9. The summed E-state index contributed by atoms with van der Waals surface area (Å²) >= 11 is 0. The number of nitrogens with one attached hydrogen (secondary N) is 1. The van der Waals surface area contributed by atoms with Crippen LogP contribution < -0.4 is 19.7 Å². The molecule has 0 fully saturated rings. The molecule has 9 heteroatoms. The van der Waals surface area contributed by atoms with E-state index in [0.717, 1.165) is 0 Å². The quantitative estimate of drug-likeness (QED) is 0.586. The van der Waals surface area contributed by atoms with Crippen molar-refractivity contribution in [2.24, 2.45) is 0 Å². The van der Waals surface area contributed by atoms with Crippen LogP contribution in [0.2, 0.25) is 0 Å². The molecule has 2 aliphatic rings. The first kappa shape index (κ1) is 22.6. The van der Waals surface area contributed by atoms with Crippen molar-refractivity contribution in [3.8, 4) is 11.5 Å². The fourth-order valence-corrected chi connectivity index (χ4v) is 4.44. The molecule has 174 valence electrons. The number of hydrogen-bond acceptors (Lipinski definition) is 6. The molecule has 2 aliphatic heterocycles. The van der Waals surface area contributed by atoms with Crippen LogP contribution in [-0.4, -0.2) is 63.6 Å². The highest BCUT2D eigenvalue weighted by Crippen LogP contribution is 2.49. The lowest BCUT2D eigenvalue weighted by atomic mass is 10.0. The Morgan fingerprint density at radius 1 is 1.03 bits per heavy atom. The van der Waals surface area contributed by atoms with E-state index in [9.17, 15) is 14.4 Å². The van der Waals surface area contributed by atoms with Gasteiger partial charge in [0, 0.05) is 32.2 Å². The van der Waals surface area contributed by atoms with Gasteiger partial charge in [-0.25, -0.2) is 0 Å². The highest BCUT2D eigenvalue weighted by molar-refractivity contribution is 6.18. The average Bonchev–Trinajstić information content (AvgIpc) is 3.13. The van der Waals surface area contributed by atoms with E-state index < -0.39 is 6.17 Å². The lowest BCUT2D eigenvalue weighted by Gasteiger charge is -2.41. The molecule has 4 rings (SSSR count). The van der Waals surface area contributed by atoms with Gasteiger partial charge in [-0.1, -0.05) is 18.2 Å². The summed E-state index contributed by atoms with van der Waals surface area (Å²) in [6.07, 6.45) is 0.0916. The zero-order valence-corrected chi connectivity index (χ0v) is 18.9. The van der Waals surface area contributed by atoms with E-state index in [1.807, 2.05) is 0 Å². The van der Waals surface area contributed by atoms with E-state index in [1.54, 1.807) is 53.3 Å². The number of nitrogens with zero attached hydrogens (tertiary/aromatic N) is 2. The molecule has 0 bridgehead atoms. The predicted molar refractivity (Wildman–Crippen MR) is 121 cm³/mol. The van der Waals surface area contributed by atoms with Crippen molar-refractivity contribution in [1.82, 2.24) is 10.2 Å². The maximum Gasteiger partial charge on any atom is 0.264 e. The molecular weight excluding hydrogens is 426 g/mol. The van der Waals surface area contributed by atoms with Gasteiger partial charge in [-0.15, -0.1) is 0 Å². The van der Waals surface area contributed by atoms with Crippen molar-refractivity contribution in [1.29, 1.82) is 0 Å². The van der Waals surface area contributed by atoms with Crippen molar-refractivity contribution in [2.75, 3.05) is 45.9 Å². The summed E-state index contributed by atoms with van der Waals surface area (Å²) in [5.41, 5.74) is 2.06. The summed E-state index contributed by atoms with van der Waals surface area (Å²) in [6, 6.07) is 10.6. The van der Waals surface area contributed by atoms with Gasteiger partial charge in [-0.2, -0.15) is 0 Å². The normalized spacial score (nSPS) is 16.3. The molecule has 0 unspecified atom stereocenters. The number of benzene rings is 2. The number of hydrogen-bond donors (Lipinski definition) is 1. The van der Waals surface area contributed by atoms with Gasteiger partial charge in [0.1, 0.15) is 6.17 Å². The van der Waals surface area contributed by atoms with Gasteiger partial charge in [0.15, 0.2) is 11.5 Å². The first-order valence-electron chi connectivity index (χ1n) is 10.8. The first-order valence-corrected chi connectivity index (χ1v) is 10.8. The van der Waals surface area contributed by atoms with Crippen molar-refractivity contribution in [2.45, 2.75) is 19.0 Å². The molecule has 0 aromatic heterocycles. The minimum Gasteiger partial charge on any atom is -0.493 e. The lowest BCUT2D eigenvalue weighted by Crippen LogP contribution is -2.48. The van der Waals surface area contributed by atoms with Crippen molar-refractivity contribution in [3.63, 3.8) is 0 Å². The molecule has 0 spiro atoms. The third kappa shape index (κ3) is 3.89. The Balaban J connectivity index is 1.67. The van der Waals surface area contributed by atoms with Gasteiger partial charge >= 0.3 is 0 Å². The molecule has 1 N–H and O–H groups in total. The largest absolute Gasteiger partial charge is 0.493 e. The number of methoxy groups -OCH3 is 3. The van der Waals surface area contributed by atoms with Crippen LogP contribution in [0.4, 0.5) is 5.69 Å². The van der Waals surface area contributed by atoms with Crippen molar-refractivity contribution >= 4 is 23.4 Å². The number of ether oxygens (including phenoxy) is 3. The van der Waals surface area contributed by atoms with Crippen LogP contribution in [0.1, 0.15) is 45.3 Å². The number of para-hydroxylation sites is 1. The number of carbonyl (C=O) groups is 3. The van der Waals surface area contributed by atoms with Gasteiger partial charge in [-0.3, -0.25) is 19.3 Å². The second-order valence-corrected chi connectivity index (χ2v) is 7.78. The molecule has 33 heavy (non-hydrogen) atoms. The van der Waals surface area contributed by atoms with Gasteiger partial charge in [-0.05, 0) is 24.6 Å². The van der Waals surface area contributed by atoms with Crippen LogP contribution in [0.15, 0.2) is 36.4 Å². The average molecular weight is 453 g/mol. The second-order valence-electron chi connectivity index (χ2n) is 7.78. The Kier molecular flexibility index (Phi) is 6.50. The SMILES string of the molecule is COCCNC(=O)CCCN1C(=O)c2ccccc2N2C(=O)c3c(ccc(OC)c3OC)[C@H]12. The smallest absolute Gasteiger partial charge is 0.264 e. The van der Waals surface area contributed by atoms with Crippen LogP contribution in [-0.2, 0) is 9.53 Å². The summed E-state index contributed by atoms with van der Waals surface area (Å²) in [5.74, 6) is 0.248. The van der Waals surface area contributed by atoms with Crippen LogP contribution in [0.3, 0.4) is 0 Å². The lowest BCUT2D eigenvalue weighted by molar-refractivity contribution is -0.121. The number of amides is 3. The van der Waals surface area contributed by atoms with E-state index in [0.29, 0.717) is 60.0 Å². The van der Waals surface area contributed by atoms with Gasteiger partial charge < -0.3 is 24.4 Å². The number of carbonyl (C=O) groups excluding carboxylic acids is 3. The second kappa shape index (κ2) is 9.50. The fourth-order valence-electron chi connectivity index (χ4n) is 4.44. The Bertz CT molecular complexity index is 1090. The zero-order valence-electron chi connectivity index (χ0n) is 18.9. The molecule has 1 atom stereocenters. The summed E-state index contributed by atoms with van der Waals surface area (Å²) < 4.78 is 15.8. The molecule has 3 amide bonds. The van der Waals surface area contributed by atoms with E-state index in [2.05, 4.69) is 5.32 Å². The Morgan fingerprint density at radius 2 is 1.82 bits per heavy atom. The molecular formula is C24H27N3O6. The molecule has 2 aromatic carbocycles. The Morgan fingerprint density at radius 3 is 2.55 bits per heavy atom. The maximum atomic E-state index is 13.6. The highest BCUT2D eigenvalue weighted by Gasteiger charge is 2.49. The molecule has 2 heterocycles. The topological polar surface area (TPSA) is 97.4 Å². The summed E-state index contributed by atoms with van der Waals surface area (Å²) in [6.45, 7) is 1.19. The number of anilines is 1. The maximum absolute atomic E-state index is 13.6. The van der Waals surface area contributed by atoms with Crippen molar-refractivity contribution < 1.29 is 28.6 Å². The monoisotopic (exact) mass is 453 g/mol. The zero-order chi connectivity index (χ0) is 23.5. The van der Waals surface area contributed by atoms with Crippen LogP contribution >= 0.6 is 0 Å². The van der Waals surface area contributed by atoms with Crippen LogP contribution in [0.5, 0.6) is 11.5 Å². The van der Waals surface area contributed by atoms with Gasteiger partial charge in [0.25, 0.3) is 11.8 Å². The third-order valence-corrected chi connectivity index (χ3v) is 5.91. The molecule has 0 saturated heterocycles. The molecule has 0 saturated carbocycles. The Hall–Kier alpha value is -3.59. The minimum atomic E-state index is -0.619. The Labute approximate surface area is 192 Å². The van der Waals surface area contributed by atoms with E-state index in [-0.39, 0.29) is 24.1 Å².